The number of para-hydroxylation sites is 1. The first-order chi connectivity index (χ1) is 8.20. The zero-order valence-electron chi connectivity index (χ0n) is 9.44. The lowest BCUT2D eigenvalue weighted by molar-refractivity contribution is 0.272. The van der Waals surface area contributed by atoms with E-state index >= 15 is 0 Å². The molecule has 0 atom stereocenters. The Labute approximate surface area is 98.2 Å². The van der Waals surface area contributed by atoms with Crippen molar-refractivity contribution >= 4 is 0 Å². The first kappa shape index (κ1) is 11.6. The fourth-order valence-electron chi connectivity index (χ4n) is 1.51. The maximum absolute atomic E-state index is 13.5. The molecule has 0 unspecified atom stereocenters. The van der Waals surface area contributed by atoms with Gasteiger partial charge < -0.3 is 15.0 Å². The lowest BCUT2D eigenvalue weighted by atomic mass is 10.2. The summed E-state index contributed by atoms with van der Waals surface area (Å²) < 4.78 is 23.8. The van der Waals surface area contributed by atoms with E-state index < -0.39 is 5.82 Å². The van der Waals surface area contributed by atoms with Gasteiger partial charge in [-0.25, -0.2) is 4.39 Å². The molecule has 0 saturated heterocycles. The van der Waals surface area contributed by atoms with Crippen molar-refractivity contribution < 1.29 is 13.7 Å². The third-order valence-corrected chi connectivity index (χ3v) is 2.31. The summed E-state index contributed by atoms with van der Waals surface area (Å²) in [4.78, 5) is 0. The Hall–Kier alpha value is -1.88. The van der Waals surface area contributed by atoms with Crippen molar-refractivity contribution in [2.24, 2.45) is 5.73 Å². The molecule has 0 amide bonds. The van der Waals surface area contributed by atoms with Gasteiger partial charge in [-0.1, -0.05) is 17.3 Å². The largest absolute Gasteiger partial charge is 0.484 e. The van der Waals surface area contributed by atoms with Crippen LogP contribution in [0.25, 0.3) is 0 Å². The van der Waals surface area contributed by atoms with Crippen LogP contribution >= 0.6 is 0 Å². The number of hydrogen-bond acceptors (Lipinski definition) is 4. The quantitative estimate of drug-likeness (QED) is 0.883. The molecule has 2 rings (SSSR count). The smallest absolute Gasteiger partial charge is 0.165 e. The van der Waals surface area contributed by atoms with Gasteiger partial charge in [0.1, 0.15) is 18.1 Å². The molecule has 4 nitrogen and oxygen atoms in total. The molecule has 0 radical (unpaired) electrons. The first-order valence-electron chi connectivity index (χ1n) is 5.23. The van der Waals surface area contributed by atoms with Gasteiger partial charge in [-0.15, -0.1) is 0 Å². The molecule has 0 aliphatic carbocycles. The van der Waals surface area contributed by atoms with Crippen molar-refractivity contribution in [1.29, 1.82) is 0 Å². The van der Waals surface area contributed by atoms with E-state index in [4.69, 9.17) is 15.0 Å². The molecule has 0 aliphatic rings. The Bertz CT molecular complexity index is 511. The summed E-state index contributed by atoms with van der Waals surface area (Å²) in [6, 6.07) is 6.41. The molecule has 0 bridgehead atoms. The van der Waals surface area contributed by atoms with Gasteiger partial charge in [0.2, 0.25) is 0 Å². The van der Waals surface area contributed by atoms with Crippen molar-refractivity contribution in [2.45, 2.75) is 20.1 Å². The van der Waals surface area contributed by atoms with Crippen LogP contribution in [-0.4, -0.2) is 5.16 Å². The molecule has 0 aliphatic heterocycles. The van der Waals surface area contributed by atoms with Crippen molar-refractivity contribution in [2.75, 3.05) is 0 Å². The minimum atomic E-state index is -0.423. The zero-order chi connectivity index (χ0) is 12.3. The van der Waals surface area contributed by atoms with Crippen molar-refractivity contribution in [3.63, 3.8) is 0 Å². The molecule has 0 spiro atoms. The maximum Gasteiger partial charge on any atom is 0.165 e. The summed E-state index contributed by atoms with van der Waals surface area (Å²) in [5.74, 6) is 0.444. The van der Waals surface area contributed by atoms with E-state index in [0.717, 1.165) is 0 Å². The highest BCUT2D eigenvalue weighted by molar-refractivity contribution is 5.34. The second-order valence-corrected chi connectivity index (χ2v) is 3.65. The van der Waals surface area contributed by atoms with Gasteiger partial charge in [0.25, 0.3) is 0 Å². The van der Waals surface area contributed by atoms with E-state index in [1.54, 1.807) is 25.1 Å². The van der Waals surface area contributed by atoms with E-state index in [1.807, 2.05) is 0 Å². The number of halogens is 1. The highest BCUT2D eigenvalue weighted by Gasteiger charge is 2.10. The summed E-state index contributed by atoms with van der Waals surface area (Å²) in [6.07, 6.45) is 0. The summed E-state index contributed by atoms with van der Waals surface area (Å²) >= 11 is 0. The molecule has 0 fully saturated rings. The minimum absolute atomic E-state index is 0.158. The van der Waals surface area contributed by atoms with E-state index in [-0.39, 0.29) is 18.9 Å². The average Bonchev–Trinajstić information content (AvgIpc) is 2.73. The van der Waals surface area contributed by atoms with Gasteiger partial charge in [-0.3, -0.25) is 0 Å². The molecule has 1 aromatic heterocycles. The van der Waals surface area contributed by atoms with Crippen molar-refractivity contribution in [1.82, 2.24) is 5.16 Å². The Morgan fingerprint density at radius 1 is 1.47 bits per heavy atom. The van der Waals surface area contributed by atoms with Crippen LogP contribution in [0.1, 0.15) is 17.0 Å². The number of nitrogens with zero attached hydrogens (tertiary/aromatic N) is 1. The number of benzene rings is 1. The van der Waals surface area contributed by atoms with E-state index in [9.17, 15) is 4.39 Å². The fourth-order valence-corrected chi connectivity index (χ4v) is 1.51. The lowest BCUT2D eigenvalue weighted by Crippen LogP contribution is -2.04. The molecule has 1 aromatic carbocycles. The molecule has 17 heavy (non-hydrogen) atoms. The number of rotatable bonds is 4. The highest BCUT2D eigenvalue weighted by atomic mass is 19.1. The SMILES string of the molecule is Cc1cc(COc2c(F)cccc2CN)no1. The van der Waals surface area contributed by atoms with Crippen LogP contribution < -0.4 is 10.5 Å². The molecular formula is C12H13FN2O2. The van der Waals surface area contributed by atoms with E-state index in [1.165, 1.54) is 6.07 Å². The molecule has 5 heteroatoms. The van der Waals surface area contributed by atoms with E-state index in [2.05, 4.69) is 5.16 Å². The van der Waals surface area contributed by atoms with Crippen LogP contribution in [0.4, 0.5) is 4.39 Å². The zero-order valence-corrected chi connectivity index (χ0v) is 9.44. The predicted molar refractivity (Wildman–Crippen MR) is 59.9 cm³/mol. The predicted octanol–water partition coefficient (Wildman–Crippen LogP) is 2.16. The fraction of sp³-hybridized carbons (Fsp3) is 0.250. The molecule has 0 saturated carbocycles. The van der Waals surface area contributed by atoms with Crippen LogP contribution in [0, 0.1) is 12.7 Å². The Balaban J connectivity index is 2.13. The monoisotopic (exact) mass is 236 g/mol. The second kappa shape index (κ2) is 4.97. The Morgan fingerprint density at radius 3 is 2.94 bits per heavy atom. The normalized spacial score (nSPS) is 10.5. The standard InChI is InChI=1S/C12H13FN2O2/c1-8-5-10(15-17-8)7-16-12-9(6-14)3-2-4-11(12)13/h2-5H,6-7,14H2,1H3. The maximum atomic E-state index is 13.5. The van der Waals surface area contributed by atoms with Gasteiger partial charge in [0, 0.05) is 18.2 Å². The summed E-state index contributed by atoms with van der Waals surface area (Å²) in [7, 11) is 0. The molecule has 90 valence electrons. The van der Waals surface area contributed by atoms with Gasteiger partial charge in [0.05, 0.1) is 0 Å². The number of hydrogen-bond donors (Lipinski definition) is 1. The van der Waals surface area contributed by atoms with Gasteiger partial charge in [-0.2, -0.15) is 0 Å². The second-order valence-electron chi connectivity index (χ2n) is 3.65. The van der Waals surface area contributed by atoms with Crippen LogP contribution in [0.5, 0.6) is 5.75 Å². The third kappa shape index (κ3) is 2.62. The summed E-state index contributed by atoms with van der Waals surface area (Å²) in [5.41, 5.74) is 6.76. The number of nitrogens with two attached hydrogens (primary N) is 1. The lowest BCUT2D eigenvalue weighted by Gasteiger charge is -2.09. The van der Waals surface area contributed by atoms with Crippen LogP contribution in [0.3, 0.4) is 0 Å². The van der Waals surface area contributed by atoms with E-state index in [0.29, 0.717) is 17.0 Å². The third-order valence-electron chi connectivity index (χ3n) is 2.31. The topological polar surface area (TPSA) is 61.3 Å². The molecule has 2 N–H and O–H groups in total. The molecule has 2 aromatic rings. The van der Waals surface area contributed by atoms with Gasteiger partial charge in [-0.05, 0) is 13.0 Å². The van der Waals surface area contributed by atoms with Crippen LogP contribution in [0.2, 0.25) is 0 Å². The molecular weight excluding hydrogens is 223 g/mol. The minimum Gasteiger partial charge on any atom is -0.484 e. The average molecular weight is 236 g/mol. The van der Waals surface area contributed by atoms with Gasteiger partial charge >= 0.3 is 0 Å². The van der Waals surface area contributed by atoms with Crippen molar-refractivity contribution in [3.8, 4) is 5.75 Å². The number of ether oxygens (including phenoxy) is 1. The van der Waals surface area contributed by atoms with Crippen LogP contribution in [0.15, 0.2) is 28.8 Å². The number of aryl methyl sites for hydroxylation is 1. The van der Waals surface area contributed by atoms with Gasteiger partial charge in [0.15, 0.2) is 11.6 Å². The number of aromatic nitrogens is 1. The van der Waals surface area contributed by atoms with Crippen LogP contribution in [-0.2, 0) is 13.2 Å². The summed E-state index contributed by atoms with van der Waals surface area (Å²) in [6.45, 7) is 2.17. The highest BCUT2D eigenvalue weighted by Crippen LogP contribution is 2.23. The first-order valence-corrected chi connectivity index (χ1v) is 5.23. The Morgan fingerprint density at radius 2 is 2.29 bits per heavy atom. The molecule has 1 heterocycles. The summed E-state index contributed by atoms with van der Waals surface area (Å²) in [5, 5.41) is 3.76. The van der Waals surface area contributed by atoms with Crippen molar-refractivity contribution in [3.05, 3.63) is 47.1 Å². The Kier molecular flexibility index (Phi) is 3.39.